The Hall–Kier alpha value is -4.90. The smallest absolute Gasteiger partial charge is 0.339 e. The first kappa shape index (κ1) is 29.1. The van der Waals surface area contributed by atoms with Crippen molar-refractivity contribution in [1.29, 1.82) is 0 Å². The summed E-state index contributed by atoms with van der Waals surface area (Å²) in [4.78, 5) is 37.5. The lowest BCUT2D eigenvalue weighted by atomic mass is 10.1. The SMILES string of the molecule is C=CC(=O)Nc1cc(Nc2ncc(C(=O)O)c(-c3cn(CC)c4ccccc34)n2)c(OC)cc1N(C)CCN(C)C. The lowest BCUT2D eigenvalue weighted by Crippen LogP contribution is -2.29. The van der Waals surface area contributed by atoms with E-state index in [9.17, 15) is 14.7 Å². The van der Waals surface area contributed by atoms with E-state index < -0.39 is 5.97 Å². The predicted octanol–water partition coefficient (Wildman–Crippen LogP) is 4.69. The van der Waals surface area contributed by atoms with Crippen molar-refractivity contribution in [3.05, 3.63) is 67.0 Å². The topological polar surface area (TPSA) is 125 Å². The number of amides is 1. The number of aromatic carboxylic acids is 1. The number of hydrogen-bond acceptors (Lipinski definition) is 8. The van der Waals surface area contributed by atoms with Crippen molar-refractivity contribution < 1.29 is 19.4 Å². The van der Waals surface area contributed by atoms with Crippen LogP contribution in [0.25, 0.3) is 22.2 Å². The molecule has 2 heterocycles. The molecule has 0 aliphatic heterocycles. The van der Waals surface area contributed by atoms with Crippen LogP contribution in [0, 0.1) is 0 Å². The largest absolute Gasteiger partial charge is 0.494 e. The second-order valence-electron chi connectivity index (χ2n) is 9.72. The maximum Gasteiger partial charge on any atom is 0.339 e. The van der Waals surface area contributed by atoms with E-state index in [0.717, 1.165) is 23.1 Å². The number of para-hydroxylation sites is 1. The minimum atomic E-state index is -1.13. The van der Waals surface area contributed by atoms with Crippen molar-refractivity contribution >= 4 is 45.8 Å². The van der Waals surface area contributed by atoms with Crippen LogP contribution in [0.4, 0.5) is 23.0 Å². The molecule has 0 radical (unpaired) electrons. The van der Waals surface area contributed by atoms with Crippen LogP contribution in [-0.2, 0) is 11.3 Å². The number of carbonyl (C=O) groups is 2. The highest BCUT2D eigenvalue weighted by Crippen LogP contribution is 2.38. The van der Waals surface area contributed by atoms with Crippen LogP contribution in [0.5, 0.6) is 5.75 Å². The molecule has 41 heavy (non-hydrogen) atoms. The average molecular weight is 558 g/mol. The lowest BCUT2D eigenvalue weighted by molar-refractivity contribution is -0.111. The summed E-state index contributed by atoms with van der Waals surface area (Å²) in [7, 11) is 7.46. The highest BCUT2D eigenvalue weighted by molar-refractivity contribution is 6.03. The minimum absolute atomic E-state index is 0.0154. The summed E-state index contributed by atoms with van der Waals surface area (Å²) in [6, 6.07) is 11.3. The van der Waals surface area contributed by atoms with Crippen LogP contribution in [0.15, 0.2) is 61.4 Å². The minimum Gasteiger partial charge on any atom is -0.494 e. The molecule has 1 amide bonds. The van der Waals surface area contributed by atoms with Crippen molar-refractivity contribution in [2.45, 2.75) is 13.5 Å². The molecule has 0 spiro atoms. The van der Waals surface area contributed by atoms with Crippen molar-refractivity contribution in [3.63, 3.8) is 0 Å². The molecule has 0 saturated carbocycles. The Kier molecular flexibility index (Phi) is 8.88. The Morgan fingerprint density at radius 3 is 2.56 bits per heavy atom. The number of carbonyl (C=O) groups excluding carboxylic acids is 1. The van der Waals surface area contributed by atoms with Gasteiger partial charge in [0.25, 0.3) is 0 Å². The normalized spacial score (nSPS) is 11.0. The van der Waals surface area contributed by atoms with Crippen molar-refractivity contribution in [2.24, 2.45) is 0 Å². The van der Waals surface area contributed by atoms with Crippen LogP contribution in [-0.4, -0.2) is 77.8 Å². The van der Waals surface area contributed by atoms with Gasteiger partial charge in [-0.05, 0) is 39.2 Å². The first-order valence-electron chi connectivity index (χ1n) is 13.1. The molecule has 2 aromatic carbocycles. The molecule has 4 aromatic rings. The fourth-order valence-electron chi connectivity index (χ4n) is 4.53. The molecule has 0 aliphatic carbocycles. The zero-order chi connectivity index (χ0) is 29.7. The van der Waals surface area contributed by atoms with E-state index in [1.54, 1.807) is 13.2 Å². The van der Waals surface area contributed by atoms with Crippen molar-refractivity contribution in [3.8, 4) is 17.0 Å². The van der Waals surface area contributed by atoms with Gasteiger partial charge in [-0.15, -0.1) is 0 Å². The third kappa shape index (κ3) is 6.30. The number of nitrogens with one attached hydrogen (secondary N) is 2. The second-order valence-corrected chi connectivity index (χ2v) is 9.72. The fourth-order valence-corrected chi connectivity index (χ4v) is 4.53. The Balaban J connectivity index is 1.80. The quantitative estimate of drug-likeness (QED) is 0.213. The molecule has 0 atom stereocenters. The summed E-state index contributed by atoms with van der Waals surface area (Å²) >= 11 is 0. The van der Waals surface area contributed by atoms with Gasteiger partial charge >= 0.3 is 5.97 Å². The number of carboxylic acid groups (broad SMARTS) is 1. The molecule has 0 aliphatic rings. The molecule has 0 fully saturated rings. The van der Waals surface area contributed by atoms with E-state index in [4.69, 9.17) is 4.74 Å². The van der Waals surface area contributed by atoms with Gasteiger partial charge in [-0.2, -0.15) is 0 Å². The molecular formula is C30H35N7O4. The first-order valence-corrected chi connectivity index (χ1v) is 13.1. The number of benzene rings is 2. The van der Waals surface area contributed by atoms with Crippen LogP contribution in [0.3, 0.4) is 0 Å². The first-order chi connectivity index (χ1) is 19.7. The molecule has 0 bridgehead atoms. The fraction of sp³-hybridized carbons (Fsp3) is 0.267. The number of aromatic nitrogens is 3. The average Bonchev–Trinajstić information content (AvgIpc) is 3.34. The monoisotopic (exact) mass is 557 g/mol. The van der Waals surface area contributed by atoms with Gasteiger partial charge < -0.3 is 34.8 Å². The maximum absolute atomic E-state index is 12.3. The zero-order valence-electron chi connectivity index (χ0n) is 23.9. The molecule has 0 saturated heterocycles. The summed E-state index contributed by atoms with van der Waals surface area (Å²) in [6.07, 6.45) is 4.40. The second kappa shape index (κ2) is 12.5. The summed E-state index contributed by atoms with van der Waals surface area (Å²) in [5, 5.41) is 16.9. The number of rotatable bonds is 12. The lowest BCUT2D eigenvalue weighted by Gasteiger charge is -2.26. The number of methoxy groups -OCH3 is 1. The molecular weight excluding hydrogens is 522 g/mol. The number of nitrogens with zero attached hydrogens (tertiary/aromatic N) is 5. The van der Waals surface area contributed by atoms with Gasteiger partial charge in [0, 0.05) is 61.6 Å². The van der Waals surface area contributed by atoms with E-state index in [1.165, 1.54) is 12.3 Å². The third-order valence-electron chi connectivity index (χ3n) is 6.70. The Morgan fingerprint density at radius 2 is 1.90 bits per heavy atom. The van der Waals surface area contributed by atoms with Gasteiger partial charge in [0.05, 0.1) is 29.9 Å². The molecule has 0 unspecified atom stereocenters. The van der Waals surface area contributed by atoms with E-state index in [2.05, 4.69) is 36.6 Å². The third-order valence-corrected chi connectivity index (χ3v) is 6.70. The Bertz CT molecular complexity index is 1600. The van der Waals surface area contributed by atoms with Crippen LogP contribution in [0.2, 0.25) is 0 Å². The van der Waals surface area contributed by atoms with Gasteiger partial charge in [0.15, 0.2) is 0 Å². The van der Waals surface area contributed by atoms with Gasteiger partial charge in [0.2, 0.25) is 11.9 Å². The number of anilines is 4. The Morgan fingerprint density at radius 1 is 1.15 bits per heavy atom. The zero-order valence-corrected chi connectivity index (χ0v) is 23.9. The number of likely N-dealkylation sites (N-methyl/N-ethyl adjacent to an activating group) is 2. The molecule has 214 valence electrons. The van der Waals surface area contributed by atoms with Crippen LogP contribution >= 0.6 is 0 Å². The Labute approximate surface area is 239 Å². The van der Waals surface area contributed by atoms with Gasteiger partial charge in [-0.3, -0.25) is 4.79 Å². The summed E-state index contributed by atoms with van der Waals surface area (Å²) in [5.41, 5.74) is 3.71. The maximum atomic E-state index is 12.3. The number of hydrogen-bond donors (Lipinski definition) is 3. The van der Waals surface area contributed by atoms with Crippen LogP contribution in [0.1, 0.15) is 17.3 Å². The van der Waals surface area contributed by atoms with Gasteiger partial charge in [-0.25, -0.2) is 14.8 Å². The summed E-state index contributed by atoms with van der Waals surface area (Å²) in [5.74, 6) is -0.827. The number of fused-ring (bicyclic) bond motifs is 1. The number of carboxylic acids is 1. The number of aryl methyl sites for hydroxylation is 1. The van der Waals surface area contributed by atoms with Crippen molar-refractivity contribution in [2.75, 3.05) is 56.9 Å². The number of ether oxygens (including phenoxy) is 1. The van der Waals surface area contributed by atoms with Gasteiger partial charge in [0.1, 0.15) is 11.3 Å². The highest BCUT2D eigenvalue weighted by atomic mass is 16.5. The molecule has 11 heteroatoms. The standard InChI is InChI=1S/C30H35N7O4/c1-7-27(38)32-22-15-23(26(41-6)16-25(22)36(5)14-13-35(3)4)33-30-31-17-20(29(39)40)28(34-30)21-18-37(8-2)24-12-10-9-11-19(21)24/h7,9-12,15-18H,1,8,13-14H2,2-6H3,(H,32,38)(H,39,40)(H,31,33,34). The molecule has 11 nitrogen and oxygen atoms in total. The van der Waals surface area contributed by atoms with Gasteiger partial charge in [-0.1, -0.05) is 24.8 Å². The molecule has 4 rings (SSSR count). The van der Waals surface area contributed by atoms with E-state index >= 15 is 0 Å². The van der Waals surface area contributed by atoms with E-state index in [-0.39, 0.29) is 23.1 Å². The predicted molar refractivity (Wildman–Crippen MR) is 163 cm³/mol. The summed E-state index contributed by atoms with van der Waals surface area (Å²) < 4.78 is 7.74. The molecule has 2 aromatic heterocycles. The van der Waals surface area contributed by atoms with Crippen molar-refractivity contribution in [1.82, 2.24) is 19.4 Å². The van der Waals surface area contributed by atoms with Crippen LogP contribution < -0.4 is 20.3 Å². The highest BCUT2D eigenvalue weighted by Gasteiger charge is 2.21. The molecule has 3 N–H and O–H groups in total. The summed E-state index contributed by atoms with van der Waals surface area (Å²) in [6.45, 7) is 7.80. The van der Waals surface area contributed by atoms with E-state index in [0.29, 0.717) is 35.8 Å². The van der Waals surface area contributed by atoms with E-state index in [1.807, 2.05) is 69.5 Å².